The van der Waals surface area contributed by atoms with Crippen molar-refractivity contribution in [3.63, 3.8) is 0 Å². The monoisotopic (exact) mass is 304 g/mol. The van der Waals surface area contributed by atoms with E-state index in [9.17, 15) is 4.79 Å². The van der Waals surface area contributed by atoms with E-state index in [1.807, 2.05) is 37.3 Å². The molecule has 0 fully saturated rings. The molecule has 1 N–H and O–H groups in total. The van der Waals surface area contributed by atoms with E-state index in [1.54, 1.807) is 12.4 Å². The molecule has 4 heteroatoms. The zero-order valence-corrected chi connectivity index (χ0v) is 11.6. The summed E-state index contributed by atoms with van der Waals surface area (Å²) in [6.07, 6.45) is 3.33. The van der Waals surface area contributed by atoms with E-state index in [1.165, 1.54) is 0 Å². The molecule has 0 radical (unpaired) electrons. The third kappa shape index (κ3) is 2.76. The average Bonchev–Trinajstić information content (AvgIpc) is 2.40. The molecule has 1 aromatic carbocycles. The van der Waals surface area contributed by atoms with Crippen LogP contribution in [0, 0.1) is 0 Å². The third-order valence-corrected chi connectivity index (χ3v) is 3.21. The van der Waals surface area contributed by atoms with Gasteiger partial charge in [0.25, 0.3) is 5.91 Å². The fraction of sp³-hybridized carbons (Fsp3) is 0.143. The highest BCUT2D eigenvalue weighted by Crippen LogP contribution is 2.27. The maximum Gasteiger partial charge on any atom is 0.252 e. The molecule has 0 saturated heterocycles. The molecule has 1 aromatic heterocycles. The summed E-state index contributed by atoms with van der Waals surface area (Å²) in [4.78, 5) is 15.9. The van der Waals surface area contributed by atoms with Crippen molar-refractivity contribution in [2.75, 3.05) is 6.54 Å². The van der Waals surface area contributed by atoms with Crippen LogP contribution in [0.3, 0.4) is 0 Å². The minimum absolute atomic E-state index is 0.0982. The summed E-state index contributed by atoms with van der Waals surface area (Å²) in [7, 11) is 0. The van der Waals surface area contributed by atoms with Crippen LogP contribution in [-0.2, 0) is 0 Å². The fourth-order valence-corrected chi connectivity index (χ4v) is 2.18. The summed E-state index contributed by atoms with van der Waals surface area (Å²) in [6, 6.07) is 9.71. The van der Waals surface area contributed by atoms with Crippen molar-refractivity contribution in [1.29, 1.82) is 0 Å². The molecule has 0 bridgehead atoms. The van der Waals surface area contributed by atoms with E-state index < -0.39 is 0 Å². The number of carbonyl (C=O) groups is 1. The van der Waals surface area contributed by atoms with Gasteiger partial charge in [0.1, 0.15) is 0 Å². The van der Waals surface area contributed by atoms with Gasteiger partial charge in [-0.2, -0.15) is 0 Å². The quantitative estimate of drug-likeness (QED) is 0.945. The van der Waals surface area contributed by atoms with Gasteiger partial charge in [0.05, 0.1) is 5.56 Å². The standard InChI is InChI=1S/C14H13BrN2O/c1-2-17-14(18)11-7-10(8-16-9-11)12-5-3-4-6-13(12)15/h3-9H,2H2,1H3,(H,17,18). The highest BCUT2D eigenvalue weighted by Gasteiger charge is 2.08. The molecule has 0 aliphatic rings. The number of hydrogen-bond acceptors (Lipinski definition) is 2. The lowest BCUT2D eigenvalue weighted by atomic mass is 10.1. The van der Waals surface area contributed by atoms with Crippen LogP contribution < -0.4 is 5.32 Å². The Bertz CT molecular complexity index is 569. The van der Waals surface area contributed by atoms with Crippen LogP contribution in [0.15, 0.2) is 47.2 Å². The molecule has 0 atom stereocenters. The van der Waals surface area contributed by atoms with Crippen LogP contribution in [-0.4, -0.2) is 17.4 Å². The molecular weight excluding hydrogens is 292 g/mol. The van der Waals surface area contributed by atoms with Crippen LogP contribution in [0.2, 0.25) is 0 Å². The van der Waals surface area contributed by atoms with Gasteiger partial charge in [-0.15, -0.1) is 0 Å². The topological polar surface area (TPSA) is 42.0 Å². The smallest absolute Gasteiger partial charge is 0.252 e. The van der Waals surface area contributed by atoms with Gasteiger partial charge in [-0.1, -0.05) is 34.1 Å². The predicted octanol–water partition coefficient (Wildman–Crippen LogP) is 3.26. The number of aromatic nitrogens is 1. The summed E-state index contributed by atoms with van der Waals surface area (Å²) in [5, 5.41) is 2.76. The largest absolute Gasteiger partial charge is 0.352 e. The lowest BCUT2D eigenvalue weighted by molar-refractivity contribution is 0.0955. The van der Waals surface area contributed by atoms with Crippen molar-refractivity contribution in [2.24, 2.45) is 0 Å². The zero-order valence-electron chi connectivity index (χ0n) is 9.98. The van der Waals surface area contributed by atoms with Gasteiger partial charge in [0, 0.05) is 29.0 Å². The van der Waals surface area contributed by atoms with E-state index >= 15 is 0 Å². The molecule has 0 saturated carbocycles. The van der Waals surface area contributed by atoms with Crippen molar-refractivity contribution >= 4 is 21.8 Å². The van der Waals surface area contributed by atoms with Gasteiger partial charge >= 0.3 is 0 Å². The minimum Gasteiger partial charge on any atom is -0.352 e. The van der Waals surface area contributed by atoms with Crippen LogP contribution in [0.1, 0.15) is 17.3 Å². The van der Waals surface area contributed by atoms with Crippen LogP contribution >= 0.6 is 15.9 Å². The highest BCUT2D eigenvalue weighted by atomic mass is 79.9. The second kappa shape index (κ2) is 5.78. The van der Waals surface area contributed by atoms with Crippen molar-refractivity contribution < 1.29 is 4.79 Å². The van der Waals surface area contributed by atoms with Crippen molar-refractivity contribution in [2.45, 2.75) is 6.92 Å². The van der Waals surface area contributed by atoms with E-state index in [4.69, 9.17) is 0 Å². The van der Waals surface area contributed by atoms with E-state index in [-0.39, 0.29) is 5.91 Å². The van der Waals surface area contributed by atoms with E-state index in [2.05, 4.69) is 26.2 Å². The second-order valence-corrected chi connectivity index (χ2v) is 4.66. The number of nitrogens with zero attached hydrogens (tertiary/aromatic N) is 1. The van der Waals surface area contributed by atoms with E-state index in [0.717, 1.165) is 15.6 Å². The second-order valence-electron chi connectivity index (χ2n) is 3.80. The number of nitrogens with one attached hydrogen (secondary N) is 1. The third-order valence-electron chi connectivity index (χ3n) is 2.52. The van der Waals surface area contributed by atoms with Gasteiger partial charge in [-0.3, -0.25) is 9.78 Å². The van der Waals surface area contributed by atoms with Crippen LogP contribution in [0.4, 0.5) is 0 Å². The molecule has 18 heavy (non-hydrogen) atoms. The molecule has 1 amide bonds. The van der Waals surface area contributed by atoms with Gasteiger partial charge in [0.15, 0.2) is 0 Å². The lowest BCUT2D eigenvalue weighted by Crippen LogP contribution is -2.22. The zero-order chi connectivity index (χ0) is 13.0. The molecule has 0 spiro atoms. The first-order valence-corrected chi connectivity index (χ1v) is 6.50. The summed E-state index contributed by atoms with van der Waals surface area (Å²) >= 11 is 3.50. The summed E-state index contributed by atoms with van der Waals surface area (Å²) in [5.41, 5.74) is 2.52. The Balaban J connectivity index is 2.39. The molecule has 2 rings (SSSR count). The van der Waals surface area contributed by atoms with Crippen LogP contribution in [0.25, 0.3) is 11.1 Å². The summed E-state index contributed by atoms with van der Waals surface area (Å²) < 4.78 is 0.986. The van der Waals surface area contributed by atoms with Crippen molar-refractivity contribution in [3.8, 4) is 11.1 Å². The number of carbonyl (C=O) groups excluding carboxylic acids is 1. The van der Waals surface area contributed by atoms with Gasteiger partial charge < -0.3 is 5.32 Å². The number of hydrogen-bond donors (Lipinski definition) is 1. The maximum absolute atomic E-state index is 11.8. The molecular formula is C14H13BrN2O. The summed E-state index contributed by atoms with van der Waals surface area (Å²) in [6.45, 7) is 2.50. The Labute approximate surface area is 114 Å². The minimum atomic E-state index is -0.0982. The molecule has 0 aliphatic heterocycles. The van der Waals surface area contributed by atoms with Crippen molar-refractivity contribution in [1.82, 2.24) is 10.3 Å². The number of pyridine rings is 1. The average molecular weight is 305 g/mol. The van der Waals surface area contributed by atoms with E-state index in [0.29, 0.717) is 12.1 Å². The number of halogens is 1. The Hall–Kier alpha value is -1.68. The van der Waals surface area contributed by atoms with Crippen molar-refractivity contribution in [3.05, 3.63) is 52.8 Å². The number of amides is 1. The molecule has 3 nitrogen and oxygen atoms in total. The fourth-order valence-electron chi connectivity index (χ4n) is 1.67. The number of benzene rings is 1. The molecule has 2 aromatic rings. The molecule has 92 valence electrons. The first-order chi connectivity index (χ1) is 8.72. The Morgan fingerprint density at radius 3 is 2.83 bits per heavy atom. The predicted molar refractivity (Wildman–Crippen MR) is 75.4 cm³/mol. The normalized spacial score (nSPS) is 10.1. The first kappa shape index (κ1) is 12.8. The first-order valence-electron chi connectivity index (χ1n) is 5.70. The van der Waals surface area contributed by atoms with Gasteiger partial charge in [0.2, 0.25) is 0 Å². The SMILES string of the molecule is CCNC(=O)c1cncc(-c2ccccc2Br)c1. The lowest BCUT2D eigenvalue weighted by Gasteiger charge is -2.06. The molecule has 0 unspecified atom stereocenters. The van der Waals surface area contributed by atoms with Crippen LogP contribution in [0.5, 0.6) is 0 Å². The highest BCUT2D eigenvalue weighted by molar-refractivity contribution is 9.10. The molecule has 1 heterocycles. The summed E-state index contributed by atoms with van der Waals surface area (Å²) in [5.74, 6) is -0.0982. The maximum atomic E-state index is 11.8. The molecule has 0 aliphatic carbocycles. The Kier molecular flexibility index (Phi) is 4.10. The number of rotatable bonds is 3. The Morgan fingerprint density at radius 2 is 2.11 bits per heavy atom. The Morgan fingerprint density at radius 1 is 1.33 bits per heavy atom. The van der Waals surface area contributed by atoms with Gasteiger partial charge in [-0.05, 0) is 24.6 Å². The van der Waals surface area contributed by atoms with Gasteiger partial charge in [-0.25, -0.2) is 0 Å².